The SMILES string of the molecule is C=CC(=O)N[C@H]1CC[C@@H](Nc2nc(Nc3ccc(C(=O)N4CCN(C)CC4)cc3)nc3ccsc23)CC1. The van der Waals surface area contributed by atoms with Crippen molar-refractivity contribution in [1.82, 2.24) is 25.1 Å². The highest BCUT2D eigenvalue weighted by atomic mass is 32.1. The third-order valence-corrected chi connectivity index (χ3v) is 7.99. The van der Waals surface area contributed by atoms with Gasteiger partial charge in [-0.2, -0.15) is 4.98 Å². The van der Waals surface area contributed by atoms with Gasteiger partial charge in [-0.25, -0.2) is 4.98 Å². The first-order chi connectivity index (χ1) is 18.0. The maximum atomic E-state index is 12.8. The predicted molar refractivity (Wildman–Crippen MR) is 149 cm³/mol. The number of hydrogen-bond acceptors (Lipinski definition) is 8. The zero-order chi connectivity index (χ0) is 25.8. The molecule has 9 nitrogen and oxygen atoms in total. The fourth-order valence-corrected chi connectivity index (χ4v) is 5.65. The summed E-state index contributed by atoms with van der Waals surface area (Å²) in [6, 6.07) is 9.98. The summed E-state index contributed by atoms with van der Waals surface area (Å²) in [6.45, 7) is 6.84. The molecule has 2 aliphatic rings. The topological polar surface area (TPSA) is 102 Å². The van der Waals surface area contributed by atoms with Crippen LogP contribution in [0.3, 0.4) is 0 Å². The normalized spacial score (nSPS) is 20.4. The lowest BCUT2D eigenvalue weighted by atomic mass is 9.91. The maximum absolute atomic E-state index is 12.8. The van der Waals surface area contributed by atoms with Crippen molar-refractivity contribution in [1.29, 1.82) is 0 Å². The Bertz CT molecular complexity index is 1260. The van der Waals surface area contributed by atoms with Crippen molar-refractivity contribution in [2.24, 2.45) is 0 Å². The largest absolute Gasteiger partial charge is 0.366 e. The van der Waals surface area contributed by atoms with Crippen molar-refractivity contribution in [3.8, 4) is 0 Å². The number of benzene rings is 1. The number of amides is 2. The third-order valence-electron chi connectivity index (χ3n) is 7.08. The molecule has 0 unspecified atom stereocenters. The highest BCUT2D eigenvalue weighted by molar-refractivity contribution is 7.17. The van der Waals surface area contributed by atoms with Gasteiger partial charge in [0.1, 0.15) is 5.82 Å². The van der Waals surface area contributed by atoms with Gasteiger partial charge in [0.2, 0.25) is 11.9 Å². The Morgan fingerprint density at radius 2 is 1.70 bits per heavy atom. The Morgan fingerprint density at radius 1 is 1.00 bits per heavy atom. The molecule has 10 heteroatoms. The number of nitrogens with zero attached hydrogens (tertiary/aromatic N) is 4. The van der Waals surface area contributed by atoms with Gasteiger partial charge in [-0.05, 0) is 74.5 Å². The lowest BCUT2D eigenvalue weighted by molar-refractivity contribution is -0.117. The van der Waals surface area contributed by atoms with Crippen LogP contribution in [-0.2, 0) is 4.79 Å². The number of nitrogens with one attached hydrogen (secondary N) is 3. The Morgan fingerprint density at radius 3 is 2.41 bits per heavy atom. The van der Waals surface area contributed by atoms with E-state index in [2.05, 4.69) is 39.5 Å². The van der Waals surface area contributed by atoms with Crippen molar-refractivity contribution in [2.45, 2.75) is 37.8 Å². The highest BCUT2D eigenvalue weighted by Gasteiger charge is 2.23. The van der Waals surface area contributed by atoms with Gasteiger partial charge in [0, 0.05) is 49.5 Å². The Labute approximate surface area is 221 Å². The number of aromatic nitrogens is 2. The third kappa shape index (κ3) is 6.08. The summed E-state index contributed by atoms with van der Waals surface area (Å²) in [5.41, 5.74) is 2.40. The van der Waals surface area contributed by atoms with Crippen LogP contribution >= 0.6 is 11.3 Å². The molecule has 1 aliphatic carbocycles. The van der Waals surface area contributed by atoms with E-state index in [4.69, 9.17) is 4.98 Å². The van der Waals surface area contributed by atoms with Gasteiger partial charge < -0.3 is 25.8 Å². The summed E-state index contributed by atoms with van der Waals surface area (Å²) in [5, 5.41) is 11.9. The van der Waals surface area contributed by atoms with Crippen LogP contribution in [0.2, 0.25) is 0 Å². The molecule has 0 bridgehead atoms. The molecule has 0 spiro atoms. The molecule has 194 valence electrons. The molecule has 2 amide bonds. The zero-order valence-corrected chi connectivity index (χ0v) is 21.9. The molecule has 1 aromatic carbocycles. The first-order valence-electron chi connectivity index (χ1n) is 12.8. The van der Waals surface area contributed by atoms with E-state index in [1.165, 1.54) is 6.08 Å². The fraction of sp³-hybridized carbons (Fsp3) is 0.407. The molecule has 3 N–H and O–H groups in total. The van der Waals surface area contributed by atoms with Crippen molar-refractivity contribution in [3.63, 3.8) is 0 Å². The van der Waals surface area contributed by atoms with Gasteiger partial charge in [0.15, 0.2) is 0 Å². The minimum Gasteiger partial charge on any atom is -0.366 e. The molecule has 2 aromatic heterocycles. The zero-order valence-electron chi connectivity index (χ0n) is 21.1. The molecule has 3 aromatic rings. The van der Waals surface area contributed by atoms with Crippen LogP contribution in [0.1, 0.15) is 36.0 Å². The van der Waals surface area contributed by atoms with Crippen LogP contribution in [0.5, 0.6) is 0 Å². The van der Waals surface area contributed by atoms with Crippen LogP contribution in [0, 0.1) is 0 Å². The van der Waals surface area contributed by atoms with Crippen LogP contribution in [0.25, 0.3) is 10.2 Å². The minimum absolute atomic E-state index is 0.0702. The molecule has 3 heterocycles. The smallest absolute Gasteiger partial charge is 0.253 e. The lowest BCUT2D eigenvalue weighted by Gasteiger charge is -2.32. The monoisotopic (exact) mass is 519 g/mol. The van der Waals surface area contributed by atoms with Crippen molar-refractivity contribution in [3.05, 3.63) is 53.9 Å². The predicted octanol–water partition coefficient (Wildman–Crippen LogP) is 3.85. The Balaban J connectivity index is 1.24. The molecular weight excluding hydrogens is 486 g/mol. The number of likely N-dealkylation sites (N-methyl/N-ethyl adjacent to an activating group) is 1. The average molecular weight is 520 g/mol. The molecule has 37 heavy (non-hydrogen) atoms. The van der Waals surface area contributed by atoms with E-state index in [9.17, 15) is 9.59 Å². The molecule has 5 rings (SSSR count). The first kappa shape index (κ1) is 25.2. The van der Waals surface area contributed by atoms with Gasteiger partial charge in [-0.3, -0.25) is 9.59 Å². The second kappa shape index (κ2) is 11.3. The Kier molecular flexibility index (Phi) is 7.66. The number of piperazine rings is 1. The van der Waals surface area contributed by atoms with E-state index < -0.39 is 0 Å². The molecule has 1 saturated heterocycles. The fourth-order valence-electron chi connectivity index (χ4n) is 4.87. The van der Waals surface area contributed by atoms with E-state index >= 15 is 0 Å². The number of carbonyl (C=O) groups is 2. The Hall–Kier alpha value is -3.50. The highest BCUT2D eigenvalue weighted by Crippen LogP contribution is 2.31. The number of thiophene rings is 1. The number of hydrogen-bond donors (Lipinski definition) is 3. The van der Waals surface area contributed by atoms with Crippen LogP contribution < -0.4 is 16.0 Å². The number of rotatable bonds is 7. The van der Waals surface area contributed by atoms with E-state index in [1.54, 1.807) is 11.3 Å². The van der Waals surface area contributed by atoms with Crippen LogP contribution in [0.15, 0.2) is 48.4 Å². The van der Waals surface area contributed by atoms with Crippen LogP contribution in [-0.4, -0.2) is 76.9 Å². The van der Waals surface area contributed by atoms with Gasteiger partial charge in [0.25, 0.3) is 5.91 Å². The lowest BCUT2D eigenvalue weighted by Crippen LogP contribution is -2.47. The van der Waals surface area contributed by atoms with E-state index in [-0.39, 0.29) is 23.9 Å². The molecule has 1 aliphatic heterocycles. The van der Waals surface area contributed by atoms with Crippen molar-refractivity contribution < 1.29 is 9.59 Å². The van der Waals surface area contributed by atoms with Gasteiger partial charge >= 0.3 is 0 Å². The standard InChI is InChI=1S/C27H33N7O2S/c1-3-23(35)28-19-8-10-20(11-9-19)29-25-24-22(12-17-37-24)31-27(32-25)30-21-6-4-18(5-7-21)26(36)34-15-13-33(2)14-16-34/h3-7,12,17,19-20H,1,8-11,13-16H2,2H3,(H,28,35)(H2,29,30,31,32)/t19-,20+. The van der Waals surface area contributed by atoms with Crippen LogP contribution in [0.4, 0.5) is 17.5 Å². The summed E-state index contributed by atoms with van der Waals surface area (Å²) in [4.78, 5) is 38.1. The minimum atomic E-state index is -0.111. The van der Waals surface area contributed by atoms with Gasteiger partial charge in [0.05, 0.1) is 10.2 Å². The number of fused-ring (bicyclic) bond motifs is 1. The second-order valence-electron chi connectivity index (χ2n) is 9.73. The summed E-state index contributed by atoms with van der Waals surface area (Å²) in [5.74, 6) is 1.29. The maximum Gasteiger partial charge on any atom is 0.253 e. The molecule has 2 fully saturated rings. The quantitative estimate of drug-likeness (QED) is 0.408. The summed E-state index contributed by atoms with van der Waals surface area (Å²) >= 11 is 1.62. The molecular formula is C27H33N7O2S. The summed E-state index contributed by atoms with van der Waals surface area (Å²) in [7, 11) is 2.08. The van der Waals surface area contributed by atoms with Gasteiger partial charge in [-0.15, -0.1) is 11.3 Å². The number of carbonyl (C=O) groups excluding carboxylic acids is 2. The van der Waals surface area contributed by atoms with E-state index in [0.29, 0.717) is 11.5 Å². The summed E-state index contributed by atoms with van der Waals surface area (Å²) < 4.78 is 1.03. The second-order valence-corrected chi connectivity index (χ2v) is 10.7. The van der Waals surface area contributed by atoms with E-state index in [1.807, 2.05) is 40.6 Å². The van der Waals surface area contributed by atoms with Gasteiger partial charge in [-0.1, -0.05) is 6.58 Å². The number of anilines is 3. The first-order valence-corrected chi connectivity index (χ1v) is 13.7. The van der Waals surface area contributed by atoms with Crippen molar-refractivity contribution in [2.75, 3.05) is 43.9 Å². The molecule has 0 atom stereocenters. The average Bonchev–Trinajstić information content (AvgIpc) is 3.39. The van der Waals surface area contributed by atoms with Crippen molar-refractivity contribution >= 4 is 50.8 Å². The summed E-state index contributed by atoms with van der Waals surface area (Å²) in [6.07, 6.45) is 5.06. The molecule has 1 saturated carbocycles. The molecule has 0 radical (unpaired) electrons. The van der Waals surface area contributed by atoms with E-state index in [0.717, 1.165) is 73.6 Å².